The van der Waals surface area contributed by atoms with Crippen molar-refractivity contribution in [1.29, 1.82) is 0 Å². The van der Waals surface area contributed by atoms with Crippen molar-refractivity contribution in [3.63, 3.8) is 0 Å². The van der Waals surface area contributed by atoms with Crippen LogP contribution in [0, 0.1) is 5.92 Å². The number of amides is 3. The number of carbonyl (C=O) groups excluding carboxylic acids is 4. The number of benzene rings is 3. The summed E-state index contributed by atoms with van der Waals surface area (Å²) in [7, 11) is 0. The van der Waals surface area contributed by atoms with Gasteiger partial charge in [-0.25, -0.2) is 0 Å². The van der Waals surface area contributed by atoms with Crippen LogP contribution in [-0.4, -0.2) is 59.0 Å². The Labute approximate surface area is 250 Å². The smallest absolute Gasteiger partial charge is 0.305 e. The summed E-state index contributed by atoms with van der Waals surface area (Å²) in [6, 6.07) is 19.5. The zero-order valence-corrected chi connectivity index (χ0v) is 24.0. The molecule has 0 saturated heterocycles. The number of rotatable bonds is 5. The van der Waals surface area contributed by atoms with Crippen LogP contribution in [0.25, 0.3) is 10.8 Å². The van der Waals surface area contributed by atoms with Gasteiger partial charge in [0.2, 0.25) is 11.8 Å². The molecule has 43 heavy (non-hydrogen) atoms. The van der Waals surface area contributed by atoms with E-state index in [2.05, 4.69) is 10.6 Å². The maximum Gasteiger partial charge on any atom is 0.305 e. The van der Waals surface area contributed by atoms with Gasteiger partial charge in [-0.2, -0.15) is 0 Å². The van der Waals surface area contributed by atoms with Crippen LogP contribution in [0.3, 0.4) is 0 Å². The fraction of sp³-hybridized carbons (Fsp3) is 0.353. The van der Waals surface area contributed by atoms with Gasteiger partial charge in [-0.05, 0) is 59.7 Å². The number of aliphatic hydroxyl groups excluding tert-OH is 1. The van der Waals surface area contributed by atoms with E-state index < -0.39 is 29.7 Å². The lowest BCUT2D eigenvalue weighted by molar-refractivity contribution is -0.146. The first kappa shape index (κ1) is 30.0. The van der Waals surface area contributed by atoms with E-state index in [1.807, 2.05) is 72.8 Å². The number of aliphatic hydroxyl groups is 1. The number of nitrogens with one attached hydrogen (secondary N) is 2. The Hall–Kier alpha value is -4.50. The summed E-state index contributed by atoms with van der Waals surface area (Å²) >= 11 is 0. The molecule has 0 radical (unpaired) electrons. The van der Waals surface area contributed by atoms with E-state index in [1.165, 1.54) is 0 Å². The van der Waals surface area contributed by atoms with Crippen LogP contribution in [0.1, 0.15) is 43.2 Å². The number of cyclic esters (lactones) is 1. The number of hydrogen-bond acceptors (Lipinski definition) is 6. The molecule has 3 aromatic rings. The van der Waals surface area contributed by atoms with Crippen molar-refractivity contribution >= 4 is 40.2 Å². The van der Waals surface area contributed by atoms with E-state index in [0.29, 0.717) is 37.9 Å². The zero-order valence-electron chi connectivity index (χ0n) is 24.0. The number of hydrogen-bond donors (Lipinski definition) is 3. The molecule has 224 valence electrons. The molecule has 0 bridgehead atoms. The molecule has 0 aromatic heterocycles. The number of fused-ring (bicyclic) bond motifs is 2. The van der Waals surface area contributed by atoms with Gasteiger partial charge in [0, 0.05) is 25.1 Å². The third kappa shape index (κ3) is 7.67. The largest absolute Gasteiger partial charge is 0.463 e. The van der Waals surface area contributed by atoms with Gasteiger partial charge < -0.3 is 25.4 Å². The van der Waals surface area contributed by atoms with E-state index in [9.17, 15) is 24.3 Å². The van der Waals surface area contributed by atoms with Crippen molar-refractivity contribution in [3.05, 3.63) is 90.0 Å². The van der Waals surface area contributed by atoms with Crippen molar-refractivity contribution < 1.29 is 29.0 Å². The number of ether oxygens (including phenoxy) is 1. The zero-order chi connectivity index (χ0) is 30.2. The van der Waals surface area contributed by atoms with Crippen molar-refractivity contribution in [2.75, 3.05) is 18.5 Å². The van der Waals surface area contributed by atoms with E-state index in [1.54, 1.807) is 11.0 Å². The monoisotopic (exact) mass is 583 g/mol. The molecule has 0 spiro atoms. The minimum absolute atomic E-state index is 0.0896. The average Bonchev–Trinajstić information content (AvgIpc) is 3.03. The van der Waals surface area contributed by atoms with Gasteiger partial charge in [-0.15, -0.1) is 0 Å². The van der Waals surface area contributed by atoms with Crippen molar-refractivity contribution in [1.82, 2.24) is 10.2 Å². The third-order valence-corrected chi connectivity index (χ3v) is 8.08. The van der Waals surface area contributed by atoms with E-state index in [4.69, 9.17) is 4.74 Å². The van der Waals surface area contributed by atoms with Gasteiger partial charge >= 0.3 is 5.97 Å². The van der Waals surface area contributed by atoms with Crippen LogP contribution < -0.4 is 10.6 Å². The summed E-state index contributed by atoms with van der Waals surface area (Å²) < 4.78 is 5.38. The average molecular weight is 584 g/mol. The fourth-order valence-electron chi connectivity index (χ4n) is 5.61. The summed E-state index contributed by atoms with van der Waals surface area (Å²) in [5.41, 5.74) is 2.66. The summed E-state index contributed by atoms with van der Waals surface area (Å²) in [5, 5.41) is 17.6. The standard InChI is InChI=1S/C34H37N3O6/c38-21-29-18-25-11-7-8-13-27(25)20-37(29)31(39)19-26-12-3-1-2-4-14-32(40)43-22-30(36-33(26)41)34(42)35-28-16-15-23-9-5-6-10-24(23)17-28/h1,3,5-11,13,15-17,26,29-30,38H,2,4,12,14,18-22H2,(H,35,42)(H,36,41). The number of nitrogens with zero attached hydrogens (tertiary/aromatic N) is 1. The molecular formula is C34H37N3O6. The van der Waals surface area contributed by atoms with Crippen LogP contribution in [0.5, 0.6) is 0 Å². The highest BCUT2D eigenvalue weighted by Crippen LogP contribution is 2.26. The third-order valence-electron chi connectivity index (χ3n) is 8.08. The first-order chi connectivity index (χ1) is 20.9. The number of anilines is 1. The Morgan fingerprint density at radius 2 is 1.74 bits per heavy atom. The molecule has 3 N–H and O–H groups in total. The van der Waals surface area contributed by atoms with Gasteiger partial charge in [0.25, 0.3) is 5.91 Å². The van der Waals surface area contributed by atoms with E-state index >= 15 is 0 Å². The van der Waals surface area contributed by atoms with Crippen LogP contribution in [0.2, 0.25) is 0 Å². The first-order valence-electron chi connectivity index (χ1n) is 14.8. The van der Waals surface area contributed by atoms with Crippen LogP contribution in [-0.2, 0) is 36.9 Å². The van der Waals surface area contributed by atoms with E-state index in [-0.39, 0.29) is 38.0 Å². The highest BCUT2D eigenvalue weighted by molar-refractivity contribution is 5.99. The highest BCUT2D eigenvalue weighted by atomic mass is 16.5. The highest BCUT2D eigenvalue weighted by Gasteiger charge is 2.33. The molecule has 5 rings (SSSR count). The van der Waals surface area contributed by atoms with Crippen molar-refractivity contribution in [3.8, 4) is 0 Å². The molecule has 0 aliphatic carbocycles. The Balaban J connectivity index is 1.32. The summed E-state index contributed by atoms with van der Waals surface area (Å²) in [5.74, 6) is -2.45. The molecule has 0 fully saturated rings. The second-order valence-corrected chi connectivity index (χ2v) is 11.1. The Morgan fingerprint density at radius 1 is 0.977 bits per heavy atom. The Bertz CT molecular complexity index is 1520. The molecule has 3 atom stereocenters. The number of esters is 1. The van der Waals surface area contributed by atoms with Gasteiger partial charge in [0.05, 0.1) is 18.6 Å². The number of carbonyl (C=O) groups is 4. The van der Waals surface area contributed by atoms with Gasteiger partial charge in [-0.1, -0.05) is 66.7 Å². The molecule has 2 aliphatic heterocycles. The van der Waals surface area contributed by atoms with Gasteiger partial charge in [-0.3, -0.25) is 19.2 Å². The minimum atomic E-state index is -1.16. The van der Waals surface area contributed by atoms with Crippen LogP contribution in [0.15, 0.2) is 78.9 Å². The lowest BCUT2D eigenvalue weighted by Crippen LogP contribution is -2.50. The molecule has 3 amide bonds. The molecule has 3 unspecified atom stereocenters. The number of allylic oxidation sites excluding steroid dienone is 2. The second kappa shape index (κ2) is 14.1. The SMILES string of the molecule is O=C1CCCC=CCC(CC(=O)N2Cc3ccccc3CC2CO)C(=O)NC(C(=O)Nc2ccc3ccccc3c2)CO1. The topological polar surface area (TPSA) is 125 Å². The first-order valence-corrected chi connectivity index (χ1v) is 14.8. The second-order valence-electron chi connectivity index (χ2n) is 11.1. The predicted molar refractivity (Wildman–Crippen MR) is 163 cm³/mol. The maximum atomic E-state index is 13.6. The molecule has 2 aliphatic rings. The molecule has 9 nitrogen and oxygen atoms in total. The predicted octanol–water partition coefficient (Wildman–Crippen LogP) is 3.89. The fourth-order valence-corrected chi connectivity index (χ4v) is 5.61. The van der Waals surface area contributed by atoms with Gasteiger partial charge in [0.1, 0.15) is 12.6 Å². The normalized spacial score (nSPS) is 21.4. The molecule has 2 heterocycles. The minimum Gasteiger partial charge on any atom is -0.463 e. The van der Waals surface area contributed by atoms with Crippen molar-refractivity contribution in [2.24, 2.45) is 5.92 Å². The molecule has 3 aromatic carbocycles. The van der Waals surface area contributed by atoms with E-state index in [0.717, 1.165) is 21.9 Å². The lowest BCUT2D eigenvalue weighted by atomic mass is 9.92. The summed E-state index contributed by atoms with van der Waals surface area (Å²) in [4.78, 5) is 54.5. The molecular weight excluding hydrogens is 546 g/mol. The molecule has 9 heteroatoms. The quantitative estimate of drug-likeness (QED) is 0.309. The van der Waals surface area contributed by atoms with Gasteiger partial charge in [0.15, 0.2) is 0 Å². The Morgan fingerprint density at radius 3 is 2.56 bits per heavy atom. The maximum absolute atomic E-state index is 13.6. The Kier molecular flexibility index (Phi) is 9.84. The van der Waals surface area contributed by atoms with Crippen molar-refractivity contribution in [2.45, 2.75) is 57.2 Å². The van der Waals surface area contributed by atoms with Crippen LogP contribution >= 0.6 is 0 Å². The lowest BCUT2D eigenvalue weighted by Gasteiger charge is -2.36. The summed E-state index contributed by atoms with van der Waals surface area (Å²) in [6.45, 7) is -0.149. The summed E-state index contributed by atoms with van der Waals surface area (Å²) in [6.07, 6.45) is 5.87. The van der Waals surface area contributed by atoms with Crippen LogP contribution in [0.4, 0.5) is 5.69 Å². The molecule has 0 saturated carbocycles.